The molecule has 0 atom stereocenters. The quantitative estimate of drug-likeness (QED) is 0.789. The van der Waals surface area contributed by atoms with Gasteiger partial charge in [-0.05, 0) is 49.3 Å². The zero-order valence-corrected chi connectivity index (χ0v) is 9.01. The van der Waals surface area contributed by atoms with Crippen LogP contribution in [-0.2, 0) is 0 Å². The van der Waals surface area contributed by atoms with Crippen LogP contribution in [0.15, 0.2) is 18.3 Å². The first-order chi connectivity index (χ1) is 6.68. The van der Waals surface area contributed by atoms with Gasteiger partial charge in [0.1, 0.15) is 5.82 Å². The minimum Gasteiger partial charge on any atom is -0.370 e. The molecule has 76 valence electrons. The lowest BCUT2D eigenvalue weighted by molar-refractivity contribution is 0.536. The van der Waals surface area contributed by atoms with Crippen LogP contribution in [-0.4, -0.2) is 11.5 Å². The molecule has 0 unspecified atom stereocenters. The molecule has 0 amide bonds. The van der Waals surface area contributed by atoms with Gasteiger partial charge in [0.05, 0.1) is 0 Å². The number of pyridine rings is 1. The van der Waals surface area contributed by atoms with Gasteiger partial charge in [0, 0.05) is 12.7 Å². The third-order valence-corrected chi connectivity index (χ3v) is 3.05. The van der Waals surface area contributed by atoms with Crippen LogP contribution in [0.25, 0.3) is 0 Å². The first-order valence-electron chi connectivity index (χ1n) is 5.35. The molecular formula is C12H18N2. The van der Waals surface area contributed by atoms with E-state index in [0.29, 0.717) is 5.41 Å². The molecule has 2 nitrogen and oxygen atoms in total. The second-order valence-electron chi connectivity index (χ2n) is 4.71. The molecule has 0 aliphatic heterocycles. The van der Waals surface area contributed by atoms with Gasteiger partial charge in [-0.2, -0.15) is 0 Å². The number of aryl methyl sites for hydroxylation is 1. The maximum atomic E-state index is 4.27. The zero-order valence-electron chi connectivity index (χ0n) is 9.01. The van der Waals surface area contributed by atoms with Crippen molar-refractivity contribution in [3.8, 4) is 0 Å². The monoisotopic (exact) mass is 190 g/mol. The third kappa shape index (κ3) is 2.47. The molecule has 1 aliphatic carbocycles. The predicted molar refractivity (Wildman–Crippen MR) is 59.4 cm³/mol. The molecule has 14 heavy (non-hydrogen) atoms. The van der Waals surface area contributed by atoms with Crippen LogP contribution in [0, 0.1) is 12.3 Å². The number of hydrogen-bond donors (Lipinski definition) is 1. The van der Waals surface area contributed by atoms with Crippen molar-refractivity contribution in [2.45, 2.75) is 33.1 Å². The zero-order chi connectivity index (χ0) is 10.0. The van der Waals surface area contributed by atoms with E-state index < -0.39 is 0 Å². The first kappa shape index (κ1) is 9.50. The van der Waals surface area contributed by atoms with E-state index >= 15 is 0 Å². The van der Waals surface area contributed by atoms with E-state index in [4.69, 9.17) is 0 Å². The molecule has 0 radical (unpaired) electrons. The Morgan fingerprint density at radius 2 is 2.29 bits per heavy atom. The van der Waals surface area contributed by atoms with E-state index in [0.717, 1.165) is 12.4 Å². The van der Waals surface area contributed by atoms with Gasteiger partial charge in [0.25, 0.3) is 0 Å². The van der Waals surface area contributed by atoms with Crippen molar-refractivity contribution in [2.24, 2.45) is 5.41 Å². The van der Waals surface area contributed by atoms with Crippen LogP contribution < -0.4 is 5.32 Å². The lowest BCUT2D eigenvalue weighted by atomic mass is 10.1. The highest BCUT2D eigenvalue weighted by Crippen LogP contribution is 2.47. The van der Waals surface area contributed by atoms with Gasteiger partial charge in [-0.15, -0.1) is 0 Å². The summed E-state index contributed by atoms with van der Waals surface area (Å²) in [7, 11) is 0. The summed E-state index contributed by atoms with van der Waals surface area (Å²) in [5.74, 6) is 1.01. The Hall–Kier alpha value is -1.05. The predicted octanol–water partition coefficient (Wildman–Crippen LogP) is 2.99. The SMILES string of the molecule is Cc1ccnc(NCCC2(C)CC2)c1. The molecule has 0 bridgehead atoms. The summed E-state index contributed by atoms with van der Waals surface area (Å²) in [6.07, 6.45) is 5.92. The van der Waals surface area contributed by atoms with Crippen molar-refractivity contribution in [1.29, 1.82) is 0 Å². The summed E-state index contributed by atoms with van der Waals surface area (Å²) in [5.41, 5.74) is 1.90. The van der Waals surface area contributed by atoms with Gasteiger partial charge in [-0.1, -0.05) is 6.92 Å². The molecule has 1 N–H and O–H groups in total. The van der Waals surface area contributed by atoms with E-state index in [1.807, 2.05) is 12.3 Å². The summed E-state index contributed by atoms with van der Waals surface area (Å²) in [4.78, 5) is 4.27. The average molecular weight is 190 g/mol. The number of nitrogens with one attached hydrogen (secondary N) is 1. The topological polar surface area (TPSA) is 24.9 Å². The van der Waals surface area contributed by atoms with Gasteiger partial charge in [-0.25, -0.2) is 4.98 Å². The third-order valence-electron chi connectivity index (χ3n) is 3.05. The Balaban J connectivity index is 1.80. The Morgan fingerprint density at radius 3 is 2.93 bits per heavy atom. The van der Waals surface area contributed by atoms with Crippen molar-refractivity contribution in [3.63, 3.8) is 0 Å². The fourth-order valence-corrected chi connectivity index (χ4v) is 1.59. The van der Waals surface area contributed by atoms with Crippen molar-refractivity contribution >= 4 is 5.82 Å². The average Bonchev–Trinajstić information content (AvgIpc) is 2.84. The van der Waals surface area contributed by atoms with Crippen molar-refractivity contribution in [1.82, 2.24) is 4.98 Å². The van der Waals surface area contributed by atoms with Crippen LogP contribution in [0.1, 0.15) is 31.7 Å². The van der Waals surface area contributed by atoms with Crippen LogP contribution in [0.4, 0.5) is 5.82 Å². The van der Waals surface area contributed by atoms with Crippen molar-refractivity contribution in [3.05, 3.63) is 23.9 Å². The molecule has 1 heterocycles. The Labute approximate surface area is 85.7 Å². The molecule has 1 aliphatic rings. The molecule has 2 heteroatoms. The molecule has 1 saturated carbocycles. The highest BCUT2D eigenvalue weighted by molar-refractivity contribution is 5.36. The second kappa shape index (κ2) is 3.60. The van der Waals surface area contributed by atoms with Crippen LogP contribution in [0.5, 0.6) is 0 Å². The van der Waals surface area contributed by atoms with Gasteiger partial charge in [0.15, 0.2) is 0 Å². The minimum absolute atomic E-state index is 0.636. The highest BCUT2D eigenvalue weighted by Gasteiger charge is 2.36. The molecular weight excluding hydrogens is 172 g/mol. The molecule has 2 rings (SSSR count). The fraction of sp³-hybridized carbons (Fsp3) is 0.583. The van der Waals surface area contributed by atoms with Gasteiger partial charge >= 0.3 is 0 Å². The lowest BCUT2D eigenvalue weighted by Crippen LogP contribution is -2.07. The molecule has 0 spiro atoms. The van der Waals surface area contributed by atoms with Crippen molar-refractivity contribution in [2.75, 3.05) is 11.9 Å². The summed E-state index contributed by atoms with van der Waals surface area (Å²) in [6.45, 7) is 5.50. The smallest absolute Gasteiger partial charge is 0.126 e. The summed E-state index contributed by atoms with van der Waals surface area (Å²) in [6, 6.07) is 4.11. The Bertz CT molecular complexity index is 316. The number of rotatable bonds is 4. The largest absolute Gasteiger partial charge is 0.370 e. The molecule has 1 aromatic heterocycles. The number of anilines is 1. The second-order valence-corrected chi connectivity index (χ2v) is 4.71. The summed E-state index contributed by atoms with van der Waals surface area (Å²) < 4.78 is 0. The van der Waals surface area contributed by atoms with E-state index in [9.17, 15) is 0 Å². The highest BCUT2D eigenvalue weighted by atomic mass is 15.0. The Kier molecular flexibility index (Phi) is 2.44. The molecule has 1 aromatic rings. The van der Waals surface area contributed by atoms with Gasteiger partial charge in [0.2, 0.25) is 0 Å². The first-order valence-corrected chi connectivity index (χ1v) is 5.35. The number of hydrogen-bond acceptors (Lipinski definition) is 2. The van der Waals surface area contributed by atoms with E-state index in [1.165, 1.54) is 24.8 Å². The van der Waals surface area contributed by atoms with Gasteiger partial charge < -0.3 is 5.32 Å². The number of nitrogens with zero attached hydrogens (tertiary/aromatic N) is 1. The van der Waals surface area contributed by atoms with E-state index in [-0.39, 0.29) is 0 Å². The fourth-order valence-electron chi connectivity index (χ4n) is 1.59. The normalized spacial score (nSPS) is 17.9. The number of aromatic nitrogens is 1. The lowest BCUT2D eigenvalue weighted by Gasteiger charge is -2.09. The summed E-state index contributed by atoms with van der Waals surface area (Å²) >= 11 is 0. The van der Waals surface area contributed by atoms with Gasteiger partial charge in [-0.3, -0.25) is 0 Å². The standard InChI is InChI=1S/C12H18N2/c1-10-3-7-13-11(9-10)14-8-6-12(2)4-5-12/h3,7,9H,4-6,8H2,1-2H3,(H,13,14). The van der Waals surface area contributed by atoms with Crippen LogP contribution in [0.3, 0.4) is 0 Å². The molecule has 1 fully saturated rings. The Morgan fingerprint density at radius 1 is 1.50 bits per heavy atom. The van der Waals surface area contributed by atoms with Crippen LogP contribution >= 0.6 is 0 Å². The molecule has 0 aromatic carbocycles. The van der Waals surface area contributed by atoms with E-state index in [1.54, 1.807) is 0 Å². The van der Waals surface area contributed by atoms with Crippen molar-refractivity contribution < 1.29 is 0 Å². The molecule has 0 saturated heterocycles. The maximum absolute atomic E-state index is 4.27. The summed E-state index contributed by atoms with van der Waals surface area (Å²) in [5, 5.41) is 3.37. The van der Waals surface area contributed by atoms with Crippen LogP contribution in [0.2, 0.25) is 0 Å². The van der Waals surface area contributed by atoms with E-state index in [2.05, 4.69) is 30.2 Å². The minimum atomic E-state index is 0.636. The maximum Gasteiger partial charge on any atom is 0.126 e.